The third-order valence-electron chi connectivity index (χ3n) is 4.87. The van der Waals surface area contributed by atoms with Crippen LogP contribution in [-0.2, 0) is 0 Å². The van der Waals surface area contributed by atoms with Gasteiger partial charge in [0.2, 0.25) is 0 Å². The SMILES string of the molecule is CC(C)=CCC/C(C)=C/CC/C(C)=C/CC/C(C)=C/CSc1ccccc1C=O. The van der Waals surface area contributed by atoms with Crippen molar-refractivity contribution in [3.8, 4) is 0 Å². The Kier molecular flexibility index (Phi) is 13.1. The number of hydrogen-bond donors (Lipinski definition) is 0. The molecule has 0 aliphatic carbocycles. The maximum absolute atomic E-state index is 11.1. The molecule has 0 saturated heterocycles. The molecule has 1 rings (SSSR count). The fraction of sp³-hybridized carbons (Fsp3) is 0.444. The highest BCUT2D eigenvalue weighted by Crippen LogP contribution is 2.22. The third-order valence-corrected chi connectivity index (χ3v) is 5.89. The normalized spacial score (nSPS) is 12.8. The lowest BCUT2D eigenvalue weighted by Crippen LogP contribution is -1.86. The summed E-state index contributed by atoms with van der Waals surface area (Å²) in [6, 6.07) is 7.78. The van der Waals surface area contributed by atoms with E-state index >= 15 is 0 Å². The van der Waals surface area contributed by atoms with Gasteiger partial charge in [-0.2, -0.15) is 0 Å². The first kappa shape index (κ1) is 25.2. The Bertz CT molecular complexity index is 746. The third kappa shape index (κ3) is 12.4. The molecule has 0 aliphatic heterocycles. The van der Waals surface area contributed by atoms with Gasteiger partial charge in [0.05, 0.1) is 0 Å². The van der Waals surface area contributed by atoms with Gasteiger partial charge in [-0.3, -0.25) is 4.79 Å². The predicted octanol–water partition coefficient (Wildman–Crippen LogP) is 8.74. The van der Waals surface area contributed by atoms with Crippen LogP contribution in [0.4, 0.5) is 0 Å². The van der Waals surface area contributed by atoms with Gasteiger partial charge in [0.25, 0.3) is 0 Å². The molecule has 0 atom stereocenters. The van der Waals surface area contributed by atoms with Crippen LogP contribution in [0.1, 0.15) is 83.5 Å². The summed E-state index contributed by atoms with van der Waals surface area (Å²) in [5.41, 5.74) is 6.59. The summed E-state index contributed by atoms with van der Waals surface area (Å²) in [6.07, 6.45) is 17.2. The summed E-state index contributed by atoms with van der Waals surface area (Å²) >= 11 is 1.73. The number of rotatable bonds is 13. The van der Waals surface area contributed by atoms with Crippen molar-refractivity contribution < 1.29 is 4.79 Å². The van der Waals surface area contributed by atoms with Crippen LogP contribution < -0.4 is 0 Å². The molecule has 1 aromatic rings. The lowest BCUT2D eigenvalue weighted by atomic mass is 10.0. The molecule has 0 spiro atoms. The molecule has 1 aromatic carbocycles. The van der Waals surface area contributed by atoms with Gasteiger partial charge in [0, 0.05) is 16.2 Å². The van der Waals surface area contributed by atoms with Crippen LogP contribution in [-0.4, -0.2) is 12.0 Å². The van der Waals surface area contributed by atoms with Gasteiger partial charge in [0.15, 0.2) is 6.29 Å². The Hall–Kier alpha value is -1.80. The molecule has 1 nitrogen and oxygen atoms in total. The minimum absolute atomic E-state index is 0.781. The Morgan fingerprint density at radius 2 is 1.28 bits per heavy atom. The molecular formula is C27H38OS. The fourth-order valence-corrected chi connectivity index (χ4v) is 3.98. The molecule has 0 amide bonds. The van der Waals surface area contributed by atoms with Crippen LogP contribution in [0.5, 0.6) is 0 Å². The standard InChI is InChI=1S/C27H38OS/c1-22(2)11-8-12-23(3)13-9-14-24(4)15-10-16-25(5)19-20-29-27-18-7-6-17-26(27)21-28/h6-7,11,13,15,17-19,21H,8-10,12,14,16,20H2,1-5H3/b23-13+,24-15+,25-19+. The highest BCUT2D eigenvalue weighted by Gasteiger charge is 2.00. The summed E-state index contributed by atoms with van der Waals surface area (Å²) in [6.45, 7) is 11.0. The highest BCUT2D eigenvalue weighted by atomic mass is 32.2. The number of carbonyl (C=O) groups excluding carboxylic acids is 1. The lowest BCUT2D eigenvalue weighted by molar-refractivity contribution is 0.112. The number of allylic oxidation sites excluding steroid dienone is 7. The molecule has 0 radical (unpaired) electrons. The first-order valence-electron chi connectivity index (χ1n) is 10.7. The van der Waals surface area contributed by atoms with Gasteiger partial charge in [0.1, 0.15) is 0 Å². The van der Waals surface area contributed by atoms with Gasteiger partial charge in [-0.15, -0.1) is 11.8 Å². The van der Waals surface area contributed by atoms with Crippen LogP contribution in [0.2, 0.25) is 0 Å². The minimum atomic E-state index is 0.781. The van der Waals surface area contributed by atoms with E-state index < -0.39 is 0 Å². The monoisotopic (exact) mass is 410 g/mol. The Morgan fingerprint density at radius 3 is 1.83 bits per heavy atom. The van der Waals surface area contributed by atoms with Gasteiger partial charge >= 0.3 is 0 Å². The molecular weight excluding hydrogens is 372 g/mol. The number of hydrogen-bond acceptors (Lipinski definition) is 2. The Morgan fingerprint density at radius 1 is 0.759 bits per heavy atom. The minimum Gasteiger partial charge on any atom is -0.298 e. The Labute approximate surface area is 183 Å². The summed E-state index contributed by atoms with van der Waals surface area (Å²) < 4.78 is 0. The Balaban J connectivity index is 2.29. The van der Waals surface area contributed by atoms with E-state index in [9.17, 15) is 4.79 Å². The van der Waals surface area contributed by atoms with E-state index in [4.69, 9.17) is 0 Å². The van der Waals surface area contributed by atoms with Gasteiger partial charge < -0.3 is 0 Å². The quantitative estimate of drug-likeness (QED) is 0.184. The second kappa shape index (κ2) is 15.1. The zero-order valence-electron chi connectivity index (χ0n) is 19.0. The van der Waals surface area contributed by atoms with Crippen LogP contribution in [0, 0.1) is 0 Å². The lowest BCUT2D eigenvalue weighted by Gasteiger charge is -2.04. The molecule has 0 aliphatic rings. The van der Waals surface area contributed by atoms with Gasteiger partial charge in [-0.05, 0) is 79.2 Å². The van der Waals surface area contributed by atoms with Crippen molar-refractivity contribution in [1.82, 2.24) is 0 Å². The average Bonchev–Trinajstić information content (AvgIpc) is 2.68. The van der Waals surface area contributed by atoms with E-state index in [0.29, 0.717) is 0 Å². The fourth-order valence-electron chi connectivity index (χ4n) is 2.97. The van der Waals surface area contributed by atoms with Crippen LogP contribution in [0.15, 0.2) is 75.8 Å². The summed E-state index contributed by atoms with van der Waals surface area (Å²) in [4.78, 5) is 12.1. The first-order valence-corrected chi connectivity index (χ1v) is 11.7. The molecule has 0 N–H and O–H groups in total. The van der Waals surface area contributed by atoms with Crippen molar-refractivity contribution in [2.45, 2.75) is 78.0 Å². The predicted molar refractivity (Wildman–Crippen MR) is 131 cm³/mol. The van der Waals surface area contributed by atoms with E-state index in [1.54, 1.807) is 11.8 Å². The first-order chi connectivity index (χ1) is 13.9. The second-order valence-corrected chi connectivity index (χ2v) is 9.08. The molecule has 158 valence electrons. The van der Waals surface area contributed by atoms with Crippen LogP contribution in [0.25, 0.3) is 0 Å². The molecule has 0 unspecified atom stereocenters. The van der Waals surface area contributed by atoms with Gasteiger partial charge in [-0.1, -0.05) is 64.8 Å². The highest BCUT2D eigenvalue weighted by molar-refractivity contribution is 7.99. The topological polar surface area (TPSA) is 17.1 Å². The molecule has 0 aromatic heterocycles. The second-order valence-electron chi connectivity index (χ2n) is 8.02. The van der Waals surface area contributed by atoms with Crippen molar-refractivity contribution in [3.63, 3.8) is 0 Å². The van der Waals surface area contributed by atoms with E-state index in [0.717, 1.165) is 54.6 Å². The smallest absolute Gasteiger partial charge is 0.151 e. The van der Waals surface area contributed by atoms with Gasteiger partial charge in [-0.25, -0.2) is 0 Å². The molecule has 0 fully saturated rings. The zero-order valence-corrected chi connectivity index (χ0v) is 19.8. The number of benzene rings is 1. The summed E-state index contributed by atoms with van der Waals surface area (Å²) in [5, 5.41) is 0. The molecule has 0 saturated carbocycles. The molecule has 0 bridgehead atoms. The van der Waals surface area contributed by atoms with Crippen molar-refractivity contribution in [1.29, 1.82) is 0 Å². The average molecular weight is 411 g/mol. The van der Waals surface area contributed by atoms with Crippen molar-refractivity contribution in [3.05, 3.63) is 76.4 Å². The zero-order chi connectivity index (χ0) is 21.5. The van der Waals surface area contributed by atoms with Crippen molar-refractivity contribution in [2.24, 2.45) is 0 Å². The molecule has 2 heteroatoms. The maximum Gasteiger partial charge on any atom is 0.151 e. The van der Waals surface area contributed by atoms with Crippen molar-refractivity contribution in [2.75, 3.05) is 5.75 Å². The number of aldehydes is 1. The number of thioether (sulfide) groups is 1. The van der Waals surface area contributed by atoms with Crippen LogP contribution in [0.3, 0.4) is 0 Å². The molecule has 0 heterocycles. The maximum atomic E-state index is 11.1. The summed E-state index contributed by atoms with van der Waals surface area (Å²) in [5.74, 6) is 0.913. The molecule has 29 heavy (non-hydrogen) atoms. The van der Waals surface area contributed by atoms with Crippen LogP contribution >= 0.6 is 11.8 Å². The van der Waals surface area contributed by atoms with E-state index in [2.05, 4.69) is 58.9 Å². The summed E-state index contributed by atoms with van der Waals surface area (Å²) in [7, 11) is 0. The van der Waals surface area contributed by atoms with Crippen molar-refractivity contribution >= 4 is 18.0 Å². The van der Waals surface area contributed by atoms with E-state index in [1.807, 2.05) is 24.3 Å². The van der Waals surface area contributed by atoms with E-state index in [-0.39, 0.29) is 0 Å². The van der Waals surface area contributed by atoms with E-state index in [1.165, 1.54) is 28.7 Å². The number of carbonyl (C=O) groups is 1. The largest absolute Gasteiger partial charge is 0.298 e.